The SMILES string of the molecule is CCNC(CCc1cccs1)C1Cc2ccccc21. The van der Waals surface area contributed by atoms with Crippen LogP contribution in [0, 0.1) is 0 Å². The lowest BCUT2D eigenvalue weighted by atomic mass is 9.72. The lowest BCUT2D eigenvalue weighted by Gasteiger charge is -2.37. The van der Waals surface area contributed by atoms with Crippen LogP contribution in [-0.2, 0) is 12.8 Å². The average Bonchev–Trinajstić information content (AvgIpc) is 2.90. The molecule has 2 heteroatoms. The van der Waals surface area contributed by atoms with Gasteiger partial charge in [-0.2, -0.15) is 0 Å². The van der Waals surface area contributed by atoms with Crippen molar-refractivity contribution in [1.82, 2.24) is 5.32 Å². The van der Waals surface area contributed by atoms with E-state index in [1.54, 1.807) is 11.1 Å². The minimum absolute atomic E-state index is 0.627. The Morgan fingerprint density at radius 1 is 1.26 bits per heavy atom. The molecule has 1 N–H and O–H groups in total. The van der Waals surface area contributed by atoms with E-state index in [0.29, 0.717) is 6.04 Å². The largest absolute Gasteiger partial charge is 0.314 e. The van der Waals surface area contributed by atoms with E-state index >= 15 is 0 Å². The van der Waals surface area contributed by atoms with Crippen LogP contribution in [0.2, 0.25) is 0 Å². The number of rotatable bonds is 6. The second-order valence-electron chi connectivity index (χ2n) is 5.29. The van der Waals surface area contributed by atoms with Gasteiger partial charge in [0.2, 0.25) is 0 Å². The van der Waals surface area contributed by atoms with Gasteiger partial charge < -0.3 is 5.32 Å². The predicted octanol–water partition coefficient (Wildman–Crippen LogP) is 4.00. The minimum atomic E-state index is 0.627. The van der Waals surface area contributed by atoms with Crippen molar-refractivity contribution in [2.24, 2.45) is 0 Å². The Morgan fingerprint density at radius 2 is 2.16 bits per heavy atom. The number of aryl methyl sites for hydroxylation is 1. The molecule has 1 aromatic heterocycles. The first-order valence-corrected chi connectivity index (χ1v) is 8.10. The van der Waals surface area contributed by atoms with E-state index in [1.165, 1.54) is 24.1 Å². The highest BCUT2D eigenvalue weighted by Crippen LogP contribution is 2.38. The molecule has 1 aliphatic rings. The highest BCUT2D eigenvalue weighted by molar-refractivity contribution is 7.09. The second kappa shape index (κ2) is 5.89. The number of thiophene rings is 1. The lowest BCUT2D eigenvalue weighted by Crippen LogP contribution is -2.40. The van der Waals surface area contributed by atoms with Gasteiger partial charge in [-0.1, -0.05) is 37.3 Å². The Kier molecular flexibility index (Phi) is 4.00. The molecule has 0 saturated heterocycles. The molecule has 3 rings (SSSR count). The van der Waals surface area contributed by atoms with Crippen molar-refractivity contribution in [3.8, 4) is 0 Å². The first-order valence-electron chi connectivity index (χ1n) is 7.22. The zero-order valence-electron chi connectivity index (χ0n) is 11.4. The average molecular weight is 271 g/mol. The van der Waals surface area contributed by atoms with Gasteiger partial charge in [0.05, 0.1) is 0 Å². The molecule has 2 atom stereocenters. The molecule has 1 aromatic carbocycles. The quantitative estimate of drug-likeness (QED) is 0.837. The number of nitrogens with one attached hydrogen (secondary N) is 1. The fraction of sp³-hybridized carbons (Fsp3) is 0.412. The number of hydrogen-bond acceptors (Lipinski definition) is 2. The molecule has 0 fully saturated rings. The maximum atomic E-state index is 3.69. The normalized spacial score (nSPS) is 18.7. The zero-order chi connectivity index (χ0) is 13.1. The molecule has 2 unspecified atom stereocenters. The van der Waals surface area contributed by atoms with Crippen LogP contribution in [0.15, 0.2) is 41.8 Å². The monoisotopic (exact) mass is 271 g/mol. The summed E-state index contributed by atoms with van der Waals surface area (Å²) in [6, 6.07) is 13.9. The third-order valence-corrected chi connectivity index (χ3v) is 5.06. The summed E-state index contributed by atoms with van der Waals surface area (Å²) in [5.74, 6) is 0.719. The summed E-state index contributed by atoms with van der Waals surface area (Å²) in [7, 11) is 0. The molecule has 100 valence electrons. The molecular formula is C17H21NS. The molecule has 1 heterocycles. The minimum Gasteiger partial charge on any atom is -0.314 e. The Balaban J connectivity index is 1.65. The predicted molar refractivity (Wildman–Crippen MR) is 83.0 cm³/mol. The topological polar surface area (TPSA) is 12.0 Å². The third-order valence-electron chi connectivity index (χ3n) is 4.13. The van der Waals surface area contributed by atoms with Gasteiger partial charge in [-0.3, -0.25) is 0 Å². The van der Waals surface area contributed by atoms with Crippen LogP contribution < -0.4 is 5.32 Å². The summed E-state index contributed by atoms with van der Waals surface area (Å²) in [5, 5.41) is 5.87. The van der Waals surface area contributed by atoms with Crippen molar-refractivity contribution in [3.63, 3.8) is 0 Å². The first-order chi connectivity index (χ1) is 9.38. The number of fused-ring (bicyclic) bond motifs is 1. The zero-order valence-corrected chi connectivity index (χ0v) is 12.2. The van der Waals surface area contributed by atoms with E-state index in [0.717, 1.165) is 12.5 Å². The van der Waals surface area contributed by atoms with E-state index in [4.69, 9.17) is 0 Å². The maximum absolute atomic E-state index is 3.69. The molecule has 0 amide bonds. The first kappa shape index (κ1) is 12.9. The summed E-state index contributed by atoms with van der Waals surface area (Å²) >= 11 is 1.88. The summed E-state index contributed by atoms with van der Waals surface area (Å²) < 4.78 is 0. The van der Waals surface area contributed by atoms with E-state index in [-0.39, 0.29) is 0 Å². The van der Waals surface area contributed by atoms with Crippen LogP contribution in [0.1, 0.15) is 35.3 Å². The summed E-state index contributed by atoms with van der Waals surface area (Å²) in [5.41, 5.74) is 3.12. The van der Waals surface area contributed by atoms with E-state index in [1.807, 2.05) is 11.3 Å². The Morgan fingerprint density at radius 3 is 2.89 bits per heavy atom. The van der Waals surface area contributed by atoms with Crippen molar-refractivity contribution in [3.05, 3.63) is 57.8 Å². The van der Waals surface area contributed by atoms with E-state index in [9.17, 15) is 0 Å². The van der Waals surface area contributed by atoms with Crippen LogP contribution in [0.25, 0.3) is 0 Å². The molecule has 0 aliphatic heterocycles. The number of likely N-dealkylation sites (N-methyl/N-ethyl adjacent to an activating group) is 1. The molecule has 0 radical (unpaired) electrons. The fourth-order valence-electron chi connectivity index (χ4n) is 3.12. The summed E-state index contributed by atoms with van der Waals surface area (Å²) in [6.07, 6.45) is 3.69. The van der Waals surface area contributed by atoms with Crippen LogP contribution >= 0.6 is 11.3 Å². The Bertz CT molecular complexity index is 518. The van der Waals surface area contributed by atoms with Gasteiger partial charge in [-0.25, -0.2) is 0 Å². The molecular weight excluding hydrogens is 250 g/mol. The molecule has 0 saturated carbocycles. The van der Waals surface area contributed by atoms with Crippen molar-refractivity contribution in [1.29, 1.82) is 0 Å². The van der Waals surface area contributed by atoms with Crippen molar-refractivity contribution in [2.75, 3.05) is 6.54 Å². The van der Waals surface area contributed by atoms with Gasteiger partial charge in [-0.15, -0.1) is 11.3 Å². The highest BCUT2D eigenvalue weighted by atomic mass is 32.1. The molecule has 19 heavy (non-hydrogen) atoms. The summed E-state index contributed by atoms with van der Waals surface area (Å²) in [6.45, 7) is 3.27. The van der Waals surface area contributed by atoms with E-state index < -0.39 is 0 Å². The van der Waals surface area contributed by atoms with Crippen LogP contribution in [0.4, 0.5) is 0 Å². The van der Waals surface area contributed by atoms with Crippen LogP contribution in [-0.4, -0.2) is 12.6 Å². The lowest BCUT2D eigenvalue weighted by molar-refractivity contribution is 0.387. The van der Waals surface area contributed by atoms with Crippen molar-refractivity contribution < 1.29 is 0 Å². The standard InChI is InChI=1S/C17H21NS/c1-2-18-17(10-9-14-7-5-11-19-14)16-12-13-6-3-4-8-15(13)16/h3-8,11,16-18H,2,9-10,12H2,1H3. The number of hydrogen-bond donors (Lipinski definition) is 1. The van der Waals surface area contributed by atoms with Gasteiger partial charge in [0, 0.05) is 16.8 Å². The summed E-state index contributed by atoms with van der Waals surface area (Å²) in [4.78, 5) is 1.51. The molecule has 1 aliphatic carbocycles. The van der Waals surface area contributed by atoms with Crippen LogP contribution in [0.3, 0.4) is 0 Å². The van der Waals surface area contributed by atoms with Gasteiger partial charge >= 0.3 is 0 Å². The molecule has 1 nitrogen and oxygen atoms in total. The van der Waals surface area contributed by atoms with Gasteiger partial charge in [-0.05, 0) is 48.4 Å². The highest BCUT2D eigenvalue weighted by Gasteiger charge is 2.31. The third kappa shape index (κ3) is 2.75. The van der Waals surface area contributed by atoms with Crippen molar-refractivity contribution in [2.45, 2.75) is 38.1 Å². The fourth-order valence-corrected chi connectivity index (χ4v) is 3.84. The Hall–Kier alpha value is -1.12. The van der Waals surface area contributed by atoms with Gasteiger partial charge in [0.25, 0.3) is 0 Å². The maximum Gasteiger partial charge on any atom is 0.0142 e. The number of benzene rings is 1. The van der Waals surface area contributed by atoms with Gasteiger partial charge in [0.1, 0.15) is 0 Å². The molecule has 0 spiro atoms. The second-order valence-corrected chi connectivity index (χ2v) is 6.32. The van der Waals surface area contributed by atoms with Crippen LogP contribution in [0.5, 0.6) is 0 Å². The molecule has 0 bridgehead atoms. The van der Waals surface area contributed by atoms with Crippen molar-refractivity contribution >= 4 is 11.3 Å². The van der Waals surface area contributed by atoms with E-state index in [2.05, 4.69) is 54.0 Å². The smallest absolute Gasteiger partial charge is 0.0142 e. The Labute approximate surface area is 119 Å². The molecule has 2 aromatic rings. The van der Waals surface area contributed by atoms with Gasteiger partial charge in [0.15, 0.2) is 0 Å².